The molecule has 0 radical (unpaired) electrons. The standard InChI is InChI=1S/C26H27Cl2N5O3/c1-26(2,3)32(4)25(34)35-13-12-33-11-10-21-23(33)24(30-16-29-21)31-18-8-9-22(20(28)15-18)36-19-7-5-6-17(27)14-19/h5-11,14-16H,12-13H2,1-4H3,(H,29,30,31). The summed E-state index contributed by atoms with van der Waals surface area (Å²) in [5, 5.41) is 4.31. The van der Waals surface area contributed by atoms with Crippen LogP contribution in [0.1, 0.15) is 20.8 Å². The van der Waals surface area contributed by atoms with Crippen LogP contribution in [0.5, 0.6) is 11.5 Å². The van der Waals surface area contributed by atoms with Crippen molar-refractivity contribution in [2.75, 3.05) is 19.0 Å². The Bertz CT molecular complexity index is 1380. The minimum absolute atomic E-state index is 0.207. The number of carbonyl (C=O) groups is 1. The average Bonchev–Trinajstić information content (AvgIpc) is 3.24. The van der Waals surface area contributed by atoms with Gasteiger partial charge in [-0.05, 0) is 63.2 Å². The Morgan fingerprint density at radius 1 is 1.11 bits per heavy atom. The second kappa shape index (κ2) is 10.6. The van der Waals surface area contributed by atoms with Gasteiger partial charge in [-0.3, -0.25) is 0 Å². The summed E-state index contributed by atoms with van der Waals surface area (Å²) in [7, 11) is 1.72. The molecule has 10 heteroatoms. The molecule has 2 aromatic heterocycles. The molecule has 0 aliphatic carbocycles. The number of nitrogens with zero attached hydrogens (tertiary/aromatic N) is 4. The van der Waals surface area contributed by atoms with Crippen molar-refractivity contribution >= 4 is 51.8 Å². The monoisotopic (exact) mass is 527 g/mol. The third kappa shape index (κ3) is 6.01. The van der Waals surface area contributed by atoms with E-state index in [4.69, 9.17) is 32.7 Å². The van der Waals surface area contributed by atoms with Crippen molar-refractivity contribution in [3.8, 4) is 11.5 Å². The van der Waals surface area contributed by atoms with E-state index >= 15 is 0 Å². The molecule has 0 saturated carbocycles. The largest absolute Gasteiger partial charge is 0.456 e. The number of aromatic nitrogens is 3. The van der Waals surface area contributed by atoms with Crippen LogP contribution in [0, 0.1) is 0 Å². The molecular formula is C26H27Cl2N5O3. The number of nitrogens with one attached hydrogen (secondary N) is 1. The summed E-state index contributed by atoms with van der Waals surface area (Å²) in [6, 6.07) is 14.4. The van der Waals surface area contributed by atoms with E-state index in [0.29, 0.717) is 33.9 Å². The van der Waals surface area contributed by atoms with Gasteiger partial charge in [-0.15, -0.1) is 0 Å². The summed E-state index contributed by atoms with van der Waals surface area (Å²) in [6.45, 7) is 6.50. The zero-order valence-electron chi connectivity index (χ0n) is 20.5. The quantitative estimate of drug-likeness (QED) is 0.275. The highest BCUT2D eigenvalue weighted by atomic mass is 35.5. The van der Waals surface area contributed by atoms with Crippen molar-refractivity contribution in [1.82, 2.24) is 19.4 Å². The average molecular weight is 528 g/mol. The maximum Gasteiger partial charge on any atom is 0.409 e. The van der Waals surface area contributed by atoms with Crippen molar-refractivity contribution in [3.05, 3.63) is 71.1 Å². The minimum Gasteiger partial charge on any atom is -0.456 e. The van der Waals surface area contributed by atoms with Crippen molar-refractivity contribution in [1.29, 1.82) is 0 Å². The Morgan fingerprint density at radius 3 is 2.64 bits per heavy atom. The summed E-state index contributed by atoms with van der Waals surface area (Å²) in [5.74, 6) is 1.69. The van der Waals surface area contributed by atoms with Crippen LogP contribution >= 0.6 is 23.2 Å². The Kier molecular flexibility index (Phi) is 7.56. The van der Waals surface area contributed by atoms with E-state index in [1.54, 1.807) is 48.3 Å². The molecule has 0 bridgehead atoms. The zero-order chi connectivity index (χ0) is 25.9. The number of ether oxygens (including phenoxy) is 2. The SMILES string of the molecule is CN(C(=O)OCCn1ccc2ncnc(Nc3ccc(Oc4cccc(Cl)c4)c(Cl)c3)c21)C(C)(C)C. The Labute approximate surface area is 219 Å². The highest BCUT2D eigenvalue weighted by Crippen LogP contribution is 2.34. The predicted octanol–water partition coefficient (Wildman–Crippen LogP) is 7.14. The fourth-order valence-electron chi connectivity index (χ4n) is 3.37. The van der Waals surface area contributed by atoms with Crippen LogP contribution < -0.4 is 10.1 Å². The summed E-state index contributed by atoms with van der Waals surface area (Å²) in [4.78, 5) is 22.6. The summed E-state index contributed by atoms with van der Waals surface area (Å²) < 4.78 is 13.3. The normalized spacial score (nSPS) is 11.4. The molecule has 2 aromatic carbocycles. The van der Waals surface area contributed by atoms with E-state index < -0.39 is 0 Å². The first-order valence-electron chi connectivity index (χ1n) is 11.3. The van der Waals surface area contributed by atoms with Crippen molar-refractivity contribution in [2.45, 2.75) is 32.9 Å². The lowest BCUT2D eigenvalue weighted by Gasteiger charge is -2.30. The fourth-order valence-corrected chi connectivity index (χ4v) is 3.77. The van der Waals surface area contributed by atoms with Crippen molar-refractivity contribution in [2.24, 2.45) is 0 Å². The molecule has 0 aliphatic rings. The molecule has 8 nitrogen and oxygen atoms in total. The topological polar surface area (TPSA) is 81.5 Å². The number of benzene rings is 2. The Morgan fingerprint density at radius 2 is 1.92 bits per heavy atom. The van der Waals surface area contributed by atoms with Crippen LogP contribution in [0.3, 0.4) is 0 Å². The first kappa shape index (κ1) is 25.6. The summed E-state index contributed by atoms with van der Waals surface area (Å²) in [5.41, 5.74) is 1.95. The van der Waals surface area contributed by atoms with Gasteiger partial charge in [0.25, 0.3) is 0 Å². The van der Waals surface area contributed by atoms with Crippen LogP contribution in [0.25, 0.3) is 11.0 Å². The second-order valence-corrected chi connectivity index (χ2v) is 9.98. The van der Waals surface area contributed by atoms with Crippen LogP contribution in [0.15, 0.2) is 61.1 Å². The van der Waals surface area contributed by atoms with Gasteiger partial charge in [-0.2, -0.15) is 0 Å². The molecule has 0 aliphatic heterocycles. The summed E-state index contributed by atoms with van der Waals surface area (Å²) >= 11 is 12.5. The van der Waals surface area contributed by atoms with Crippen LogP contribution in [-0.4, -0.2) is 44.7 Å². The number of rotatable bonds is 7. The van der Waals surface area contributed by atoms with E-state index in [2.05, 4.69) is 15.3 Å². The van der Waals surface area contributed by atoms with Gasteiger partial charge in [-0.25, -0.2) is 14.8 Å². The first-order chi connectivity index (χ1) is 17.1. The molecule has 4 rings (SSSR count). The number of halogens is 2. The number of hydrogen-bond donors (Lipinski definition) is 1. The first-order valence-corrected chi connectivity index (χ1v) is 12.1. The zero-order valence-corrected chi connectivity index (χ0v) is 22.0. The highest BCUT2D eigenvalue weighted by molar-refractivity contribution is 6.32. The molecule has 0 fully saturated rings. The molecule has 0 atom stereocenters. The van der Waals surface area contributed by atoms with Crippen LogP contribution in [0.4, 0.5) is 16.3 Å². The van der Waals surface area contributed by atoms with Gasteiger partial charge in [0.1, 0.15) is 29.9 Å². The number of anilines is 2. The molecular weight excluding hydrogens is 501 g/mol. The number of fused-ring (bicyclic) bond motifs is 1. The van der Waals surface area contributed by atoms with E-state index in [1.807, 2.05) is 43.7 Å². The van der Waals surface area contributed by atoms with E-state index in [9.17, 15) is 4.79 Å². The van der Waals surface area contributed by atoms with Crippen LogP contribution in [-0.2, 0) is 11.3 Å². The fraction of sp³-hybridized carbons (Fsp3) is 0.269. The molecule has 4 aromatic rings. The molecule has 1 N–H and O–H groups in total. The second-order valence-electron chi connectivity index (χ2n) is 9.14. The molecule has 0 unspecified atom stereocenters. The third-order valence-electron chi connectivity index (χ3n) is 5.61. The number of amides is 1. The molecule has 0 spiro atoms. The number of carbonyl (C=O) groups excluding carboxylic acids is 1. The highest BCUT2D eigenvalue weighted by Gasteiger charge is 2.23. The van der Waals surface area contributed by atoms with Crippen molar-refractivity contribution in [3.63, 3.8) is 0 Å². The Balaban J connectivity index is 1.48. The molecule has 0 saturated heterocycles. The van der Waals surface area contributed by atoms with Gasteiger partial charge >= 0.3 is 6.09 Å². The molecule has 2 heterocycles. The van der Waals surface area contributed by atoms with Gasteiger partial charge in [0.15, 0.2) is 5.82 Å². The molecule has 36 heavy (non-hydrogen) atoms. The van der Waals surface area contributed by atoms with E-state index in [0.717, 1.165) is 16.7 Å². The maximum atomic E-state index is 12.3. The summed E-state index contributed by atoms with van der Waals surface area (Å²) in [6.07, 6.45) is 3.01. The lowest BCUT2D eigenvalue weighted by Crippen LogP contribution is -2.43. The van der Waals surface area contributed by atoms with E-state index in [-0.39, 0.29) is 18.2 Å². The van der Waals surface area contributed by atoms with E-state index in [1.165, 1.54) is 6.33 Å². The smallest absolute Gasteiger partial charge is 0.409 e. The lowest BCUT2D eigenvalue weighted by atomic mass is 10.1. The van der Waals surface area contributed by atoms with Gasteiger partial charge in [0, 0.05) is 29.5 Å². The van der Waals surface area contributed by atoms with Crippen molar-refractivity contribution < 1.29 is 14.3 Å². The maximum absolute atomic E-state index is 12.3. The minimum atomic E-state index is -0.372. The van der Waals surface area contributed by atoms with Gasteiger partial charge in [0.05, 0.1) is 17.1 Å². The molecule has 188 valence electrons. The van der Waals surface area contributed by atoms with Gasteiger partial charge < -0.3 is 24.3 Å². The molecule has 1 amide bonds. The van der Waals surface area contributed by atoms with Gasteiger partial charge in [0.2, 0.25) is 0 Å². The predicted molar refractivity (Wildman–Crippen MR) is 143 cm³/mol. The van der Waals surface area contributed by atoms with Crippen LogP contribution in [0.2, 0.25) is 10.0 Å². The lowest BCUT2D eigenvalue weighted by molar-refractivity contribution is 0.0790. The Hall–Kier alpha value is -3.49. The number of hydrogen-bond acceptors (Lipinski definition) is 6. The third-order valence-corrected chi connectivity index (χ3v) is 6.14. The van der Waals surface area contributed by atoms with Gasteiger partial charge in [-0.1, -0.05) is 29.3 Å².